The Balaban J connectivity index is 1.32. The Morgan fingerprint density at radius 2 is 1.82 bits per heavy atom. The van der Waals surface area contributed by atoms with Crippen molar-refractivity contribution in [3.8, 4) is 0 Å². The van der Waals surface area contributed by atoms with E-state index in [1.54, 1.807) is 19.1 Å². The van der Waals surface area contributed by atoms with E-state index in [1.807, 2.05) is 18.2 Å². The topological polar surface area (TPSA) is 94.5 Å². The number of rotatable bonds is 4. The molecule has 0 bridgehead atoms. The Morgan fingerprint density at radius 1 is 1.15 bits per heavy atom. The molecule has 1 spiro atoms. The van der Waals surface area contributed by atoms with Crippen LogP contribution in [0, 0.1) is 0 Å². The summed E-state index contributed by atoms with van der Waals surface area (Å²) in [5.74, 6) is -1.88. The van der Waals surface area contributed by atoms with Crippen molar-refractivity contribution in [3.05, 3.63) is 67.7 Å². The molecule has 5 rings (SSSR count). The van der Waals surface area contributed by atoms with Gasteiger partial charge in [-0.25, -0.2) is 8.42 Å². The monoisotopic (exact) mass is 544 g/mol. The van der Waals surface area contributed by atoms with Gasteiger partial charge in [0.05, 0.1) is 34.8 Å². The van der Waals surface area contributed by atoms with Crippen molar-refractivity contribution < 1.29 is 27.5 Å². The van der Waals surface area contributed by atoms with Gasteiger partial charge in [-0.05, 0) is 40.5 Å². The summed E-state index contributed by atoms with van der Waals surface area (Å²) in [6, 6.07) is 8.88. The van der Waals surface area contributed by atoms with E-state index in [4.69, 9.17) is 49.1 Å². The van der Waals surface area contributed by atoms with Crippen LogP contribution < -0.4 is 0 Å². The number of sulfone groups is 1. The maximum absolute atomic E-state index is 12.2. The molecule has 0 N–H and O–H groups in total. The number of ether oxygens (including phenoxy) is 2. The summed E-state index contributed by atoms with van der Waals surface area (Å²) in [4.78, 5) is 19.3. The summed E-state index contributed by atoms with van der Waals surface area (Å²) in [5.41, 5.74) is 2.52. The molecule has 180 valence electrons. The predicted molar refractivity (Wildman–Crippen MR) is 127 cm³/mol. The maximum Gasteiger partial charge on any atom is 0.301 e. The second kappa shape index (κ2) is 7.99. The van der Waals surface area contributed by atoms with Crippen molar-refractivity contribution in [1.82, 2.24) is 4.90 Å². The van der Waals surface area contributed by atoms with Crippen LogP contribution in [-0.2, 0) is 46.9 Å². The minimum absolute atomic E-state index is 0.245. The van der Waals surface area contributed by atoms with E-state index in [-0.39, 0.29) is 21.0 Å². The standard InChI is InChI=1S/C22H19Cl3N2O6S/c1-21(14-6-16(23)19(25)17(24)7-14)32-20(26-33-21)12-3-4-15-13(5-12)8-31-22(15)10-27(11-22)18(28)9-34(2,29)30/h3-7H,8-11H2,1-2H3. The van der Waals surface area contributed by atoms with E-state index < -0.39 is 32.9 Å². The number of hydrogen-bond acceptors (Lipinski definition) is 7. The molecule has 1 saturated heterocycles. The molecule has 0 aromatic heterocycles. The summed E-state index contributed by atoms with van der Waals surface area (Å²) >= 11 is 18.3. The highest BCUT2D eigenvalue weighted by Crippen LogP contribution is 2.45. The first-order chi connectivity index (χ1) is 15.9. The summed E-state index contributed by atoms with van der Waals surface area (Å²) in [6.07, 6.45) is 1.04. The van der Waals surface area contributed by atoms with Crippen LogP contribution in [0.25, 0.3) is 0 Å². The van der Waals surface area contributed by atoms with Gasteiger partial charge < -0.3 is 19.2 Å². The number of halogens is 3. The highest BCUT2D eigenvalue weighted by molar-refractivity contribution is 7.91. The van der Waals surface area contributed by atoms with Gasteiger partial charge in [-0.1, -0.05) is 40.9 Å². The smallest absolute Gasteiger partial charge is 0.301 e. The van der Waals surface area contributed by atoms with E-state index in [1.165, 1.54) is 4.90 Å². The van der Waals surface area contributed by atoms with E-state index in [9.17, 15) is 13.2 Å². The Bertz CT molecular complexity index is 1330. The number of nitrogens with zero attached hydrogens (tertiary/aromatic N) is 2. The summed E-state index contributed by atoms with van der Waals surface area (Å²) in [7, 11) is -3.38. The second-order valence-electron chi connectivity index (χ2n) is 8.76. The van der Waals surface area contributed by atoms with Crippen molar-refractivity contribution in [2.45, 2.75) is 24.9 Å². The first-order valence-corrected chi connectivity index (χ1v) is 13.4. The number of benzene rings is 2. The fourth-order valence-corrected chi connectivity index (χ4v) is 5.53. The van der Waals surface area contributed by atoms with Gasteiger partial charge in [0, 0.05) is 24.3 Å². The van der Waals surface area contributed by atoms with Gasteiger partial charge in [0.15, 0.2) is 9.84 Å². The molecule has 12 heteroatoms. The van der Waals surface area contributed by atoms with Crippen LogP contribution in [-0.4, -0.2) is 50.2 Å². The fraction of sp³-hybridized carbons (Fsp3) is 0.364. The molecule has 0 saturated carbocycles. The molecule has 34 heavy (non-hydrogen) atoms. The van der Waals surface area contributed by atoms with Gasteiger partial charge in [-0.15, -0.1) is 0 Å². The molecule has 1 atom stereocenters. The lowest BCUT2D eigenvalue weighted by Crippen LogP contribution is -2.62. The van der Waals surface area contributed by atoms with Crippen LogP contribution in [0.3, 0.4) is 0 Å². The highest BCUT2D eigenvalue weighted by atomic mass is 35.5. The number of likely N-dealkylation sites (tertiary alicyclic amines) is 1. The lowest BCUT2D eigenvalue weighted by Gasteiger charge is -2.47. The average molecular weight is 546 g/mol. The lowest BCUT2D eigenvalue weighted by molar-refractivity contribution is -0.166. The normalized spacial score (nSPS) is 22.6. The highest BCUT2D eigenvalue weighted by Gasteiger charge is 2.52. The molecule has 1 fully saturated rings. The fourth-order valence-electron chi connectivity index (χ4n) is 4.30. The third kappa shape index (κ3) is 4.03. The molecular weight excluding hydrogens is 527 g/mol. The number of fused-ring (bicyclic) bond motifs is 2. The molecule has 2 aromatic rings. The quantitative estimate of drug-likeness (QED) is 0.542. The predicted octanol–water partition coefficient (Wildman–Crippen LogP) is 3.84. The van der Waals surface area contributed by atoms with Crippen LogP contribution in [0.5, 0.6) is 0 Å². The molecule has 3 aliphatic rings. The van der Waals surface area contributed by atoms with Gasteiger partial charge in [0.2, 0.25) is 5.91 Å². The van der Waals surface area contributed by atoms with Crippen molar-refractivity contribution in [1.29, 1.82) is 0 Å². The molecular formula is C22H19Cl3N2O6S. The Hall–Kier alpha value is -2.04. The van der Waals surface area contributed by atoms with E-state index in [0.717, 1.165) is 17.4 Å². The summed E-state index contributed by atoms with van der Waals surface area (Å²) in [6.45, 7) is 2.67. The van der Waals surface area contributed by atoms with Gasteiger partial charge in [0.25, 0.3) is 5.90 Å². The van der Waals surface area contributed by atoms with Crippen molar-refractivity contribution >= 4 is 56.4 Å². The zero-order chi connectivity index (χ0) is 24.5. The molecule has 1 unspecified atom stereocenters. The Morgan fingerprint density at radius 3 is 2.47 bits per heavy atom. The molecule has 1 amide bonds. The minimum atomic E-state index is -3.38. The van der Waals surface area contributed by atoms with Gasteiger partial charge in [-0.3, -0.25) is 4.79 Å². The van der Waals surface area contributed by atoms with Crippen LogP contribution in [0.15, 0.2) is 35.5 Å². The van der Waals surface area contributed by atoms with Crippen LogP contribution in [0.1, 0.15) is 29.2 Å². The number of oxime groups is 1. The van der Waals surface area contributed by atoms with Gasteiger partial charge >= 0.3 is 5.79 Å². The zero-order valence-corrected chi connectivity index (χ0v) is 21.2. The summed E-state index contributed by atoms with van der Waals surface area (Å²) < 4.78 is 34.9. The van der Waals surface area contributed by atoms with Crippen LogP contribution >= 0.6 is 34.8 Å². The molecule has 3 aliphatic heterocycles. The lowest BCUT2D eigenvalue weighted by atomic mass is 9.84. The van der Waals surface area contributed by atoms with Crippen LogP contribution in [0.4, 0.5) is 0 Å². The molecule has 3 heterocycles. The van der Waals surface area contributed by atoms with E-state index in [0.29, 0.717) is 30.8 Å². The SMILES string of the molecule is CC1(c2cc(Cl)c(Cl)c(Cl)c2)ON=C(c2ccc3c(c2)COC32CN(C(=O)CS(C)(=O)=O)C2)O1. The van der Waals surface area contributed by atoms with E-state index >= 15 is 0 Å². The number of amides is 1. The van der Waals surface area contributed by atoms with Gasteiger partial charge in [-0.2, -0.15) is 0 Å². The second-order valence-corrected chi connectivity index (χ2v) is 12.1. The number of hydrogen-bond donors (Lipinski definition) is 0. The molecule has 0 aliphatic carbocycles. The van der Waals surface area contributed by atoms with Crippen molar-refractivity contribution in [2.75, 3.05) is 25.1 Å². The molecule has 0 radical (unpaired) electrons. The largest absolute Gasteiger partial charge is 0.426 e. The minimum Gasteiger partial charge on any atom is -0.426 e. The van der Waals surface area contributed by atoms with Crippen molar-refractivity contribution in [3.63, 3.8) is 0 Å². The van der Waals surface area contributed by atoms with E-state index in [2.05, 4.69) is 5.16 Å². The Labute approximate surface area is 211 Å². The zero-order valence-electron chi connectivity index (χ0n) is 18.1. The first-order valence-electron chi connectivity index (χ1n) is 10.2. The number of carbonyl (C=O) groups excluding carboxylic acids is 1. The summed E-state index contributed by atoms with van der Waals surface area (Å²) in [5, 5.41) is 4.90. The van der Waals surface area contributed by atoms with Crippen molar-refractivity contribution in [2.24, 2.45) is 5.16 Å². The first kappa shape index (κ1) is 23.7. The van der Waals surface area contributed by atoms with Gasteiger partial charge in [0.1, 0.15) is 11.4 Å². The number of carbonyl (C=O) groups is 1. The maximum atomic E-state index is 12.2. The van der Waals surface area contributed by atoms with Crippen LogP contribution in [0.2, 0.25) is 15.1 Å². The molecule has 8 nitrogen and oxygen atoms in total. The third-order valence-electron chi connectivity index (χ3n) is 6.08. The third-order valence-corrected chi connectivity index (χ3v) is 8.05. The Kier molecular flexibility index (Phi) is 5.57. The average Bonchev–Trinajstić information content (AvgIpc) is 3.31. The molecule has 2 aromatic carbocycles.